The molecule has 7 heteroatoms. The summed E-state index contributed by atoms with van der Waals surface area (Å²) in [6, 6.07) is 30.1. The Hall–Kier alpha value is -3.39. The van der Waals surface area contributed by atoms with Gasteiger partial charge in [-0.3, -0.25) is 4.57 Å². The van der Waals surface area contributed by atoms with Crippen LogP contribution in [-0.2, 0) is 19.8 Å². The quantitative estimate of drug-likeness (QED) is 0.225. The number of alkyl halides is 1. The number of thiocarbonyl (C=S) groups is 1. The highest BCUT2D eigenvalue weighted by Crippen LogP contribution is 2.43. The molecule has 5 nitrogen and oxygen atoms in total. The van der Waals surface area contributed by atoms with Crippen molar-refractivity contribution in [2.45, 2.75) is 43.4 Å². The minimum atomic E-state index is -1.78. The number of benzene rings is 3. The van der Waals surface area contributed by atoms with Crippen LogP contribution in [0.3, 0.4) is 0 Å². The molecular weight excluding hydrogens is 487 g/mol. The van der Waals surface area contributed by atoms with Gasteiger partial charge in [-0.25, -0.2) is 9.37 Å². The van der Waals surface area contributed by atoms with Crippen molar-refractivity contribution in [3.05, 3.63) is 126 Å². The van der Waals surface area contributed by atoms with E-state index in [1.54, 1.807) is 19.3 Å². The third kappa shape index (κ3) is 4.82. The Balaban J connectivity index is 1.53. The van der Waals surface area contributed by atoms with Crippen molar-refractivity contribution in [1.82, 2.24) is 9.55 Å². The average Bonchev–Trinajstić information content (AvgIpc) is 3.54. The molecule has 5 rings (SSSR count). The molecule has 0 amide bonds. The molecular formula is C30H29FN2O3S. The zero-order chi connectivity index (χ0) is 25.9. The van der Waals surface area contributed by atoms with Gasteiger partial charge in [0.05, 0.1) is 12.7 Å². The Labute approximate surface area is 221 Å². The second-order valence-electron chi connectivity index (χ2n) is 9.33. The summed E-state index contributed by atoms with van der Waals surface area (Å²) >= 11 is 5.43. The summed E-state index contributed by atoms with van der Waals surface area (Å²) in [6.45, 7) is 3.26. The summed E-state index contributed by atoms with van der Waals surface area (Å²) in [6.07, 6.45) is 2.38. The molecule has 0 saturated carbocycles. The molecule has 0 unspecified atom stereocenters. The van der Waals surface area contributed by atoms with Crippen molar-refractivity contribution in [3.8, 4) is 0 Å². The monoisotopic (exact) mass is 516 g/mol. The Morgan fingerprint density at radius 3 is 1.95 bits per heavy atom. The van der Waals surface area contributed by atoms with E-state index in [1.807, 2.05) is 91.0 Å². The molecule has 4 atom stereocenters. The van der Waals surface area contributed by atoms with Crippen LogP contribution in [0.2, 0.25) is 0 Å². The van der Waals surface area contributed by atoms with Gasteiger partial charge in [-0.05, 0) is 42.8 Å². The van der Waals surface area contributed by atoms with Crippen LogP contribution < -0.4 is 0 Å². The first-order valence-electron chi connectivity index (χ1n) is 12.3. The highest BCUT2D eigenvalue weighted by Gasteiger charge is 2.55. The van der Waals surface area contributed by atoms with Crippen molar-refractivity contribution in [1.29, 1.82) is 0 Å². The molecule has 37 heavy (non-hydrogen) atoms. The van der Waals surface area contributed by atoms with E-state index in [9.17, 15) is 0 Å². The Morgan fingerprint density at radius 1 is 0.973 bits per heavy atom. The maximum Gasteiger partial charge on any atom is 0.269 e. The highest BCUT2D eigenvalue weighted by atomic mass is 32.1. The predicted molar refractivity (Wildman–Crippen MR) is 144 cm³/mol. The third-order valence-electron chi connectivity index (χ3n) is 7.02. The van der Waals surface area contributed by atoms with Crippen LogP contribution in [0.4, 0.5) is 4.39 Å². The Bertz CT molecular complexity index is 1200. The fraction of sp³-hybridized carbons (Fsp3) is 0.267. The SMILES string of the molecule is C[C@@H]1O[C@H](COC(c2ccccc2)(c2ccccc2)c2ccccc2)[C@@H](OC(=S)n2ccnc2)[C@@]1(C)F. The summed E-state index contributed by atoms with van der Waals surface area (Å²) in [5.41, 5.74) is 0.114. The van der Waals surface area contributed by atoms with Crippen LogP contribution in [0.5, 0.6) is 0 Å². The van der Waals surface area contributed by atoms with Crippen LogP contribution in [-0.4, -0.2) is 45.3 Å². The molecule has 1 aromatic heterocycles. The van der Waals surface area contributed by atoms with Crippen molar-refractivity contribution in [2.75, 3.05) is 6.61 Å². The predicted octanol–water partition coefficient (Wildman–Crippen LogP) is 5.93. The largest absolute Gasteiger partial charge is 0.461 e. The number of aromatic nitrogens is 2. The van der Waals surface area contributed by atoms with Gasteiger partial charge in [0.15, 0.2) is 11.8 Å². The normalized spacial score (nSPS) is 23.6. The second-order valence-corrected chi connectivity index (χ2v) is 9.68. The maximum atomic E-state index is 15.9. The van der Waals surface area contributed by atoms with Gasteiger partial charge in [0.2, 0.25) is 0 Å². The van der Waals surface area contributed by atoms with Gasteiger partial charge >= 0.3 is 0 Å². The third-order valence-corrected chi connectivity index (χ3v) is 7.32. The molecule has 0 aliphatic carbocycles. The van der Waals surface area contributed by atoms with E-state index in [-0.39, 0.29) is 11.8 Å². The molecule has 1 aliphatic rings. The maximum absolute atomic E-state index is 15.9. The lowest BCUT2D eigenvalue weighted by atomic mass is 9.80. The fourth-order valence-corrected chi connectivity index (χ4v) is 5.10. The summed E-state index contributed by atoms with van der Waals surface area (Å²) in [7, 11) is 0. The van der Waals surface area contributed by atoms with E-state index in [2.05, 4.69) is 4.98 Å². The molecule has 0 bridgehead atoms. The number of ether oxygens (including phenoxy) is 3. The first-order valence-corrected chi connectivity index (χ1v) is 12.7. The van der Waals surface area contributed by atoms with Gasteiger partial charge in [-0.2, -0.15) is 0 Å². The number of imidazole rings is 1. The average molecular weight is 517 g/mol. The molecule has 4 aromatic rings. The lowest BCUT2D eigenvalue weighted by Gasteiger charge is -2.37. The van der Waals surface area contributed by atoms with Crippen LogP contribution in [0.1, 0.15) is 30.5 Å². The number of nitrogens with zero attached hydrogens (tertiary/aromatic N) is 2. The molecule has 0 radical (unpaired) electrons. The summed E-state index contributed by atoms with van der Waals surface area (Å²) in [5.74, 6) is 0. The van der Waals surface area contributed by atoms with Crippen LogP contribution >= 0.6 is 12.2 Å². The lowest BCUT2D eigenvalue weighted by Crippen LogP contribution is -2.46. The Kier molecular flexibility index (Phi) is 7.20. The van der Waals surface area contributed by atoms with E-state index in [1.165, 1.54) is 17.8 Å². The van der Waals surface area contributed by atoms with Gasteiger partial charge in [0, 0.05) is 12.4 Å². The molecule has 190 valence electrons. The van der Waals surface area contributed by atoms with Crippen molar-refractivity contribution in [2.24, 2.45) is 0 Å². The van der Waals surface area contributed by atoms with E-state index in [4.69, 9.17) is 26.4 Å². The van der Waals surface area contributed by atoms with Crippen LogP contribution in [0.15, 0.2) is 110 Å². The first-order chi connectivity index (χ1) is 17.9. The second kappa shape index (κ2) is 10.5. The van der Waals surface area contributed by atoms with Gasteiger partial charge in [0.1, 0.15) is 18.0 Å². The number of halogens is 1. The van der Waals surface area contributed by atoms with Crippen molar-refractivity contribution < 1.29 is 18.6 Å². The fourth-order valence-electron chi connectivity index (χ4n) is 4.89. The first kappa shape index (κ1) is 25.3. The van der Waals surface area contributed by atoms with Crippen molar-refractivity contribution in [3.63, 3.8) is 0 Å². The highest BCUT2D eigenvalue weighted by molar-refractivity contribution is 7.80. The van der Waals surface area contributed by atoms with Crippen molar-refractivity contribution >= 4 is 17.4 Å². The minimum absolute atomic E-state index is 0.0692. The molecule has 3 aromatic carbocycles. The van der Waals surface area contributed by atoms with E-state index >= 15 is 4.39 Å². The molecule has 0 N–H and O–H groups in total. The van der Waals surface area contributed by atoms with E-state index in [0.717, 1.165) is 16.7 Å². The Morgan fingerprint density at radius 2 is 1.49 bits per heavy atom. The summed E-state index contributed by atoms with van der Waals surface area (Å²) in [5, 5.41) is 0.106. The summed E-state index contributed by atoms with van der Waals surface area (Å²) in [4.78, 5) is 4.00. The van der Waals surface area contributed by atoms with E-state index < -0.39 is 29.6 Å². The zero-order valence-corrected chi connectivity index (χ0v) is 21.6. The smallest absolute Gasteiger partial charge is 0.269 e. The topological polar surface area (TPSA) is 45.5 Å². The molecule has 1 fully saturated rings. The minimum Gasteiger partial charge on any atom is -0.461 e. The zero-order valence-electron chi connectivity index (χ0n) is 20.7. The van der Waals surface area contributed by atoms with Gasteiger partial charge < -0.3 is 14.2 Å². The lowest BCUT2D eigenvalue weighted by molar-refractivity contribution is -0.0781. The van der Waals surface area contributed by atoms with Gasteiger partial charge in [-0.15, -0.1) is 0 Å². The number of hydrogen-bond donors (Lipinski definition) is 0. The standard InChI is InChI=1S/C30H29FN2O3S/c1-22-29(2,31)27(36-28(37)33-19-18-32-21-33)26(35-22)20-34-30(23-12-6-3-7-13-23,24-14-8-4-9-15-24)25-16-10-5-11-17-25/h3-19,21-22,26-27H,20H2,1-2H3/t22-,26+,27+,29-/m0/s1. The summed E-state index contributed by atoms with van der Waals surface area (Å²) < 4.78 is 36.4. The molecule has 0 spiro atoms. The molecule has 1 saturated heterocycles. The molecule has 1 aliphatic heterocycles. The number of rotatable bonds is 7. The molecule has 2 heterocycles. The van der Waals surface area contributed by atoms with Gasteiger partial charge in [-0.1, -0.05) is 91.0 Å². The van der Waals surface area contributed by atoms with Gasteiger partial charge in [0.25, 0.3) is 5.17 Å². The van der Waals surface area contributed by atoms with Crippen LogP contribution in [0, 0.1) is 0 Å². The van der Waals surface area contributed by atoms with E-state index in [0.29, 0.717) is 0 Å². The number of hydrogen-bond acceptors (Lipinski definition) is 5. The van der Waals surface area contributed by atoms with Crippen LogP contribution in [0.25, 0.3) is 0 Å².